The third-order valence-electron chi connectivity index (χ3n) is 4.28. The highest BCUT2D eigenvalue weighted by atomic mass is 19.1. The summed E-state index contributed by atoms with van der Waals surface area (Å²) in [5, 5.41) is 3.40. The lowest BCUT2D eigenvalue weighted by molar-refractivity contribution is 0.279. The maximum absolute atomic E-state index is 13.1. The Balaban J connectivity index is 1.49. The minimum Gasteiger partial charge on any atom is -0.493 e. The highest BCUT2D eigenvalue weighted by Gasteiger charge is 2.11. The zero-order valence-electron chi connectivity index (χ0n) is 16.4. The lowest BCUT2D eigenvalue weighted by Crippen LogP contribution is -2.18. The summed E-state index contributed by atoms with van der Waals surface area (Å²) in [6.45, 7) is 2.36. The van der Waals surface area contributed by atoms with Gasteiger partial charge in [-0.2, -0.15) is 0 Å². The summed E-state index contributed by atoms with van der Waals surface area (Å²) in [6, 6.07) is 17.7. The summed E-state index contributed by atoms with van der Waals surface area (Å²) in [6.07, 6.45) is 2.57. The van der Waals surface area contributed by atoms with Gasteiger partial charge in [0, 0.05) is 24.4 Å². The molecule has 3 rings (SSSR count). The molecular weight excluding hydrogens is 371 g/mol. The Bertz CT molecular complexity index is 873. The van der Waals surface area contributed by atoms with Crippen LogP contribution in [-0.2, 0) is 13.2 Å². The Hall–Kier alpha value is -3.12. The predicted octanol–water partition coefficient (Wildman–Crippen LogP) is 4.37. The minimum atomic E-state index is -0.261. The van der Waals surface area contributed by atoms with Crippen LogP contribution in [0.2, 0.25) is 0 Å². The molecule has 6 heteroatoms. The van der Waals surface area contributed by atoms with Crippen molar-refractivity contribution in [3.8, 4) is 17.4 Å². The molecule has 0 spiro atoms. The molecule has 0 aliphatic rings. The first-order valence-corrected chi connectivity index (χ1v) is 9.54. The van der Waals surface area contributed by atoms with Crippen molar-refractivity contribution in [2.24, 2.45) is 0 Å². The van der Waals surface area contributed by atoms with E-state index >= 15 is 0 Å². The van der Waals surface area contributed by atoms with E-state index in [1.165, 1.54) is 12.1 Å². The topological polar surface area (TPSA) is 52.6 Å². The van der Waals surface area contributed by atoms with Gasteiger partial charge < -0.3 is 19.5 Å². The second-order valence-electron chi connectivity index (χ2n) is 6.41. The van der Waals surface area contributed by atoms with Crippen LogP contribution in [0.5, 0.6) is 17.4 Å². The summed E-state index contributed by atoms with van der Waals surface area (Å²) >= 11 is 0. The minimum absolute atomic E-state index is 0.261. The van der Waals surface area contributed by atoms with Gasteiger partial charge in [0.05, 0.1) is 13.7 Å². The van der Waals surface area contributed by atoms with E-state index in [1.54, 1.807) is 25.4 Å². The number of para-hydroxylation sites is 1. The standard InChI is InChI=1S/C23H25FN2O3/c1-27-21-7-4-6-19(23(21)29-17-18-9-11-20(24)12-10-18)16-25-13-5-15-28-22-8-2-3-14-26-22/h2-4,6-12,14,25H,5,13,15-17H2,1H3. The lowest BCUT2D eigenvalue weighted by Gasteiger charge is -2.16. The molecule has 0 saturated heterocycles. The van der Waals surface area contributed by atoms with Crippen molar-refractivity contribution < 1.29 is 18.6 Å². The monoisotopic (exact) mass is 396 g/mol. The van der Waals surface area contributed by atoms with Crippen molar-refractivity contribution >= 4 is 0 Å². The number of ether oxygens (including phenoxy) is 3. The van der Waals surface area contributed by atoms with Crippen LogP contribution in [0.15, 0.2) is 66.9 Å². The van der Waals surface area contributed by atoms with Crippen LogP contribution in [0, 0.1) is 5.82 Å². The van der Waals surface area contributed by atoms with E-state index < -0.39 is 0 Å². The first kappa shape index (κ1) is 20.6. The Morgan fingerprint density at radius 3 is 2.59 bits per heavy atom. The van der Waals surface area contributed by atoms with Crippen LogP contribution in [-0.4, -0.2) is 25.2 Å². The van der Waals surface area contributed by atoms with Gasteiger partial charge in [0.2, 0.25) is 5.88 Å². The summed E-state index contributed by atoms with van der Waals surface area (Å²) in [5.41, 5.74) is 1.89. The Labute approximate surface area is 170 Å². The van der Waals surface area contributed by atoms with E-state index in [0.717, 1.165) is 24.1 Å². The van der Waals surface area contributed by atoms with Crippen LogP contribution >= 0.6 is 0 Å². The molecule has 1 N–H and O–H groups in total. The van der Waals surface area contributed by atoms with Crippen molar-refractivity contribution in [3.63, 3.8) is 0 Å². The zero-order chi connectivity index (χ0) is 20.3. The number of methoxy groups -OCH3 is 1. The number of hydrogen-bond acceptors (Lipinski definition) is 5. The van der Waals surface area contributed by atoms with Crippen molar-refractivity contribution in [1.29, 1.82) is 0 Å². The normalized spacial score (nSPS) is 10.6. The highest BCUT2D eigenvalue weighted by Crippen LogP contribution is 2.31. The number of halogens is 1. The molecule has 29 heavy (non-hydrogen) atoms. The largest absolute Gasteiger partial charge is 0.493 e. The Kier molecular flexibility index (Phi) is 7.83. The maximum atomic E-state index is 13.1. The summed E-state index contributed by atoms with van der Waals surface area (Å²) < 4.78 is 30.1. The number of aromatic nitrogens is 1. The highest BCUT2D eigenvalue weighted by molar-refractivity contribution is 5.46. The van der Waals surface area contributed by atoms with E-state index in [1.807, 2.05) is 36.4 Å². The molecule has 0 amide bonds. The van der Waals surface area contributed by atoms with Crippen molar-refractivity contribution in [2.75, 3.05) is 20.3 Å². The van der Waals surface area contributed by atoms with Gasteiger partial charge in [-0.25, -0.2) is 9.37 Å². The number of nitrogens with zero attached hydrogens (tertiary/aromatic N) is 1. The second-order valence-corrected chi connectivity index (χ2v) is 6.41. The maximum Gasteiger partial charge on any atom is 0.213 e. The van der Waals surface area contributed by atoms with E-state index in [4.69, 9.17) is 14.2 Å². The molecule has 0 fully saturated rings. The van der Waals surface area contributed by atoms with Gasteiger partial charge in [0.15, 0.2) is 11.5 Å². The second kappa shape index (κ2) is 11.0. The SMILES string of the molecule is COc1cccc(CNCCCOc2ccccn2)c1OCc1ccc(F)cc1. The zero-order valence-corrected chi connectivity index (χ0v) is 16.4. The fourth-order valence-corrected chi connectivity index (χ4v) is 2.79. The number of hydrogen-bond donors (Lipinski definition) is 1. The van der Waals surface area contributed by atoms with Crippen molar-refractivity contribution in [1.82, 2.24) is 10.3 Å². The number of pyridine rings is 1. The molecule has 5 nitrogen and oxygen atoms in total. The summed E-state index contributed by atoms with van der Waals surface area (Å²) in [4.78, 5) is 4.13. The molecule has 1 heterocycles. The van der Waals surface area contributed by atoms with E-state index in [-0.39, 0.29) is 5.82 Å². The number of nitrogens with one attached hydrogen (secondary N) is 1. The Morgan fingerprint density at radius 1 is 0.966 bits per heavy atom. The Morgan fingerprint density at radius 2 is 1.83 bits per heavy atom. The van der Waals surface area contributed by atoms with Crippen LogP contribution in [0.1, 0.15) is 17.5 Å². The molecule has 0 aliphatic heterocycles. The molecule has 0 bridgehead atoms. The number of rotatable bonds is 11. The van der Waals surface area contributed by atoms with Crippen LogP contribution < -0.4 is 19.5 Å². The van der Waals surface area contributed by atoms with Crippen molar-refractivity contribution in [2.45, 2.75) is 19.6 Å². The van der Waals surface area contributed by atoms with Gasteiger partial charge in [0.1, 0.15) is 12.4 Å². The fraction of sp³-hybridized carbons (Fsp3) is 0.261. The molecule has 1 aromatic heterocycles. The van der Waals surface area contributed by atoms with Gasteiger partial charge in [-0.1, -0.05) is 30.3 Å². The predicted molar refractivity (Wildman–Crippen MR) is 110 cm³/mol. The quantitative estimate of drug-likeness (QED) is 0.488. The molecular formula is C23H25FN2O3. The first-order valence-electron chi connectivity index (χ1n) is 9.54. The lowest BCUT2D eigenvalue weighted by atomic mass is 10.1. The van der Waals surface area contributed by atoms with Crippen LogP contribution in [0.25, 0.3) is 0 Å². The smallest absolute Gasteiger partial charge is 0.213 e. The van der Waals surface area contributed by atoms with Gasteiger partial charge >= 0.3 is 0 Å². The van der Waals surface area contributed by atoms with Crippen LogP contribution in [0.4, 0.5) is 4.39 Å². The average Bonchev–Trinajstić information content (AvgIpc) is 2.76. The molecule has 0 saturated carbocycles. The van der Waals surface area contributed by atoms with Gasteiger partial charge in [-0.15, -0.1) is 0 Å². The molecule has 152 valence electrons. The summed E-state index contributed by atoms with van der Waals surface area (Å²) in [7, 11) is 1.62. The molecule has 3 aromatic rings. The van der Waals surface area contributed by atoms with E-state index in [9.17, 15) is 4.39 Å². The van der Waals surface area contributed by atoms with Gasteiger partial charge in [-0.05, 0) is 42.8 Å². The van der Waals surface area contributed by atoms with Crippen molar-refractivity contribution in [3.05, 3.63) is 83.8 Å². The third-order valence-corrected chi connectivity index (χ3v) is 4.28. The molecule has 0 unspecified atom stereocenters. The third kappa shape index (κ3) is 6.47. The average molecular weight is 396 g/mol. The van der Waals surface area contributed by atoms with Gasteiger partial charge in [-0.3, -0.25) is 0 Å². The molecule has 0 atom stereocenters. The fourth-order valence-electron chi connectivity index (χ4n) is 2.79. The van der Waals surface area contributed by atoms with Gasteiger partial charge in [0.25, 0.3) is 0 Å². The first-order chi connectivity index (χ1) is 14.3. The van der Waals surface area contributed by atoms with Crippen LogP contribution in [0.3, 0.4) is 0 Å². The number of benzene rings is 2. The molecule has 0 radical (unpaired) electrons. The van der Waals surface area contributed by atoms with E-state index in [2.05, 4.69) is 10.3 Å². The molecule has 0 aliphatic carbocycles. The molecule has 2 aromatic carbocycles. The van der Waals surface area contributed by atoms with E-state index in [0.29, 0.717) is 37.1 Å². The summed E-state index contributed by atoms with van der Waals surface area (Å²) in [5.74, 6) is 1.74.